The number of halogens is 2. The second kappa shape index (κ2) is 6.85. The van der Waals surface area contributed by atoms with E-state index in [4.69, 9.17) is 5.73 Å². The first-order valence-corrected chi connectivity index (χ1v) is 7.26. The fraction of sp³-hybridized carbons (Fsp3) is 0.533. The summed E-state index contributed by atoms with van der Waals surface area (Å²) in [4.78, 5) is 11.1. The van der Waals surface area contributed by atoms with Gasteiger partial charge in [-0.2, -0.15) is 0 Å². The minimum Gasteiger partial charge on any atom is -0.380 e. The van der Waals surface area contributed by atoms with Crippen LogP contribution < -0.4 is 16.4 Å². The van der Waals surface area contributed by atoms with Crippen molar-refractivity contribution in [3.8, 4) is 0 Å². The van der Waals surface area contributed by atoms with Gasteiger partial charge in [-0.1, -0.05) is 6.42 Å². The van der Waals surface area contributed by atoms with Gasteiger partial charge in [0.1, 0.15) is 11.6 Å². The summed E-state index contributed by atoms with van der Waals surface area (Å²) in [7, 11) is 0. The highest BCUT2D eigenvalue weighted by atomic mass is 19.1. The summed E-state index contributed by atoms with van der Waals surface area (Å²) in [5, 5.41) is 6.41. The molecule has 6 heteroatoms. The van der Waals surface area contributed by atoms with Crippen LogP contribution in [0.2, 0.25) is 0 Å². The second-order valence-corrected chi connectivity index (χ2v) is 5.60. The normalized spacial score (nSPS) is 20.0. The van der Waals surface area contributed by atoms with Gasteiger partial charge < -0.3 is 16.4 Å². The number of anilines is 1. The minimum atomic E-state index is -0.938. The first-order valence-electron chi connectivity index (χ1n) is 7.26. The molecule has 0 bridgehead atoms. The van der Waals surface area contributed by atoms with E-state index in [9.17, 15) is 13.6 Å². The molecule has 2 rings (SSSR count). The summed E-state index contributed by atoms with van der Waals surface area (Å²) >= 11 is 0. The smallest absolute Gasteiger partial charge is 0.251 e. The fourth-order valence-electron chi connectivity index (χ4n) is 2.72. The van der Waals surface area contributed by atoms with Crippen molar-refractivity contribution in [2.24, 2.45) is 5.73 Å². The van der Waals surface area contributed by atoms with E-state index in [2.05, 4.69) is 10.6 Å². The number of hydrogen-bond donors (Lipinski definition) is 3. The highest BCUT2D eigenvalue weighted by Crippen LogP contribution is 2.21. The average Bonchev–Trinajstić information content (AvgIpc) is 2.42. The molecule has 0 saturated carbocycles. The van der Waals surface area contributed by atoms with Crippen molar-refractivity contribution in [2.75, 3.05) is 11.9 Å². The number of nitrogens with one attached hydrogen (secondary N) is 2. The Labute approximate surface area is 123 Å². The van der Waals surface area contributed by atoms with Crippen LogP contribution in [0, 0.1) is 11.6 Å². The molecule has 1 saturated heterocycles. The maximum absolute atomic E-state index is 13.8. The Morgan fingerprint density at radius 2 is 2.19 bits per heavy atom. The third-order valence-corrected chi connectivity index (χ3v) is 3.77. The van der Waals surface area contributed by atoms with Gasteiger partial charge >= 0.3 is 0 Å². The molecule has 1 amide bonds. The van der Waals surface area contributed by atoms with Gasteiger partial charge in [-0.05, 0) is 38.8 Å². The number of carbonyl (C=O) groups is 1. The summed E-state index contributed by atoms with van der Waals surface area (Å²) in [6, 6.07) is 2.23. The molecule has 4 nitrogen and oxygen atoms in total. The van der Waals surface area contributed by atoms with E-state index in [-0.39, 0.29) is 17.3 Å². The Kier molecular flexibility index (Phi) is 5.12. The lowest BCUT2D eigenvalue weighted by molar-refractivity contribution is 0.0996. The number of nitrogens with two attached hydrogens (primary N) is 1. The summed E-state index contributed by atoms with van der Waals surface area (Å²) in [5.41, 5.74) is 4.88. The molecule has 1 aliphatic heterocycles. The minimum absolute atomic E-state index is 0.00119. The zero-order valence-electron chi connectivity index (χ0n) is 12.1. The maximum atomic E-state index is 13.8. The van der Waals surface area contributed by atoms with Crippen molar-refractivity contribution in [1.29, 1.82) is 0 Å². The van der Waals surface area contributed by atoms with E-state index in [1.54, 1.807) is 0 Å². The highest BCUT2D eigenvalue weighted by Gasteiger charge is 2.18. The molecular weight excluding hydrogens is 276 g/mol. The van der Waals surface area contributed by atoms with Crippen LogP contribution in [0.4, 0.5) is 14.5 Å². The second-order valence-electron chi connectivity index (χ2n) is 5.60. The summed E-state index contributed by atoms with van der Waals surface area (Å²) in [6.07, 6.45) is 4.32. The monoisotopic (exact) mass is 297 g/mol. The van der Waals surface area contributed by atoms with Crippen LogP contribution in [-0.4, -0.2) is 24.5 Å². The molecule has 0 aromatic heterocycles. The van der Waals surface area contributed by atoms with Crippen LogP contribution in [0.25, 0.3) is 0 Å². The van der Waals surface area contributed by atoms with Gasteiger partial charge in [-0.25, -0.2) is 8.78 Å². The molecule has 1 aromatic carbocycles. The van der Waals surface area contributed by atoms with Gasteiger partial charge in [0, 0.05) is 18.2 Å². The quantitative estimate of drug-likeness (QED) is 0.782. The third kappa shape index (κ3) is 4.14. The number of carbonyl (C=O) groups excluding carboxylic acids is 1. The highest BCUT2D eigenvalue weighted by molar-refractivity contribution is 5.94. The Balaban J connectivity index is 2.04. The van der Waals surface area contributed by atoms with E-state index >= 15 is 0 Å². The van der Waals surface area contributed by atoms with Crippen molar-refractivity contribution in [3.63, 3.8) is 0 Å². The van der Waals surface area contributed by atoms with E-state index in [1.165, 1.54) is 12.8 Å². The van der Waals surface area contributed by atoms with Gasteiger partial charge in [0.05, 0.1) is 11.3 Å². The van der Waals surface area contributed by atoms with Crippen molar-refractivity contribution in [3.05, 3.63) is 29.3 Å². The maximum Gasteiger partial charge on any atom is 0.251 e. The largest absolute Gasteiger partial charge is 0.380 e. The number of hydrogen-bond acceptors (Lipinski definition) is 3. The zero-order valence-corrected chi connectivity index (χ0v) is 12.1. The SMILES string of the molecule is CC(CC1CCCCN1)Nc1cc(C(N)=O)c(F)cc1F. The molecule has 2 unspecified atom stereocenters. The third-order valence-electron chi connectivity index (χ3n) is 3.77. The molecule has 0 radical (unpaired) electrons. The van der Waals surface area contributed by atoms with Gasteiger partial charge in [-0.3, -0.25) is 4.79 Å². The summed E-state index contributed by atoms with van der Waals surface area (Å²) in [6.45, 7) is 2.94. The molecule has 0 spiro atoms. The molecule has 0 aliphatic carbocycles. The van der Waals surface area contributed by atoms with Gasteiger partial charge in [0.25, 0.3) is 5.91 Å². The molecular formula is C15H21F2N3O. The van der Waals surface area contributed by atoms with Crippen molar-refractivity contribution in [1.82, 2.24) is 5.32 Å². The van der Waals surface area contributed by atoms with E-state index < -0.39 is 17.5 Å². The van der Waals surface area contributed by atoms with Crippen LogP contribution in [0.3, 0.4) is 0 Å². The Morgan fingerprint density at radius 1 is 1.43 bits per heavy atom. The number of rotatable bonds is 5. The molecule has 1 heterocycles. The lowest BCUT2D eigenvalue weighted by Gasteiger charge is -2.27. The first kappa shape index (κ1) is 15.7. The number of piperidine rings is 1. The predicted octanol–water partition coefficient (Wildman–Crippen LogP) is 2.40. The Bertz CT molecular complexity index is 516. The van der Waals surface area contributed by atoms with Crippen molar-refractivity contribution in [2.45, 2.75) is 44.7 Å². The van der Waals surface area contributed by atoms with Crippen LogP contribution in [-0.2, 0) is 0 Å². The molecule has 1 aliphatic rings. The summed E-state index contributed by atoms with van der Waals surface area (Å²) in [5.74, 6) is -2.56. The van der Waals surface area contributed by atoms with Crippen LogP contribution >= 0.6 is 0 Å². The lowest BCUT2D eigenvalue weighted by Crippen LogP contribution is -2.37. The standard InChI is InChI=1S/C15H21F2N3O/c1-9(6-10-4-2-3-5-19-10)20-14-7-11(15(18)21)12(16)8-13(14)17/h7-10,19-20H,2-6H2,1H3,(H2,18,21). The summed E-state index contributed by atoms with van der Waals surface area (Å²) < 4.78 is 27.2. The molecule has 2 atom stereocenters. The Morgan fingerprint density at radius 3 is 2.81 bits per heavy atom. The predicted molar refractivity (Wildman–Crippen MR) is 78.2 cm³/mol. The molecule has 1 aromatic rings. The van der Waals surface area contributed by atoms with Gasteiger partial charge in [0.2, 0.25) is 0 Å². The van der Waals surface area contributed by atoms with E-state index in [0.29, 0.717) is 12.1 Å². The van der Waals surface area contributed by atoms with Gasteiger partial charge in [0.15, 0.2) is 0 Å². The topological polar surface area (TPSA) is 67.2 Å². The van der Waals surface area contributed by atoms with Crippen LogP contribution in [0.1, 0.15) is 43.0 Å². The van der Waals surface area contributed by atoms with Crippen LogP contribution in [0.15, 0.2) is 12.1 Å². The number of amides is 1. The van der Waals surface area contributed by atoms with Crippen molar-refractivity contribution < 1.29 is 13.6 Å². The van der Waals surface area contributed by atoms with Crippen molar-refractivity contribution >= 4 is 11.6 Å². The number of primary amides is 1. The van der Waals surface area contributed by atoms with Gasteiger partial charge in [-0.15, -0.1) is 0 Å². The van der Waals surface area contributed by atoms with E-state index in [0.717, 1.165) is 25.5 Å². The fourth-order valence-corrected chi connectivity index (χ4v) is 2.72. The molecule has 1 fully saturated rings. The first-order chi connectivity index (χ1) is 9.97. The molecule has 21 heavy (non-hydrogen) atoms. The lowest BCUT2D eigenvalue weighted by atomic mass is 9.98. The Hall–Kier alpha value is -1.69. The van der Waals surface area contributed by atoms with Crippen LogP contribution in [0.5, 0.6) is 0 Å². The van der Waals surface area contributed by atoms with E-state index in [1.807, 2.05) is 6.92 Å². The molecule has 4 N–H and O–H groups in total. The number of benzene rings is 1. The molecule has 116 valence electrons. The average molecular weight is 297 g/mol. The zero-order chi connectivity index (χ0) is 15.4.